The van der Waals surface area contributed by atoms with Gasteiger partial charge in [-0.1, -0.05) is 28.9 Å². The number of hydrazone groups is 1. The van der Waals surface area contributed by atoms with Crippen LogP contribution in [-0.4, -0.2) is 49.4 Å². The Morgan fingerprint density at radius 3 is 2.16 bits per heavy atom. The standard InChI is InChI=1S/C21H36N2O11P2.2Na/c1-17(2)7-5-8-18(3)9-6-10-19(4)11-12-22-23-20(24)15-31-13-14-32-21(25)16-33-36(29,30)34-35(26,27)28;;/h7,9,11-12H,5-6,8,10,13-16H2,1-4H3,(H,23,24)(H,29,30)(H2,26,27,28);;/q;2*+1/p-2/b18-9+,19-11+,22-12+;;. The van der Waals surface area contributed by atoms with Crippen LogP contribution < -0.4 is 74.3 Å². The maximum absolute atomic E-state index is 11.6. The Kier molecular flexibility index (Phi) is 26.5. The van der Waals surface area contributed by atoms with E-state index in [0.717, 1.165) is 31.3 Å². The Balaban J connectivity index is -0.00000612. The fourth-order valence-electron chi connectivity index (χ4n) is 2.33. The fraction of sp³-hybridized carbons (Fsp3) is 0.571. The van der Waals surface area contributed by atoms with Crippen LogP contribution in [0.25, 0.3) is 0 Å². The van der Waals surface area contributed by atoms with Crippen LogP contribution in [0, 0.1) is 0 Å². The summed E-state index contributed by atoms with van der Waals surface area (Å²) >= 11 is 0. The Morgan fingerprint density at radius 2 is 1.55 bits per heavy atom. The van der Waals surface area contributed by atoms with Crippen LogP contribution in [0.2, 0.25) is 0 Å². The van der Waals surface area contributed by atoms with Crippen molar-refractivity contribution in [1.29, 1.82) is 0 Å². The van der Waals surface area contributed by atoms with E-state index in [0.29, 0.717) is 0 Å². The minimum Gasteiger partial charge on any atom is -0.789 e. The molecule has 2 N–H and O–H groups in total. The van der Waals surface area contributed by atoms with Crippen molar-refractivity contribution in [3.63, 3.8) is 0 Å². The van der Waals surface area contributed by atoms with E-state index in [1.165, 1.54) is 17.4 Å². The number of carbonyl (C=O) groups excluding carboxylic acids is 2. The number of nitrogens with one attached hydrogen (secondary N) is 1. The third-order valence-corrected chi connectivity index (χ3v) is 6.10. The number of carbonyl (C=O) groups is 2. The first-order valence-corrected chi connectivity index (χ1v) is 13.9. The van der Waals surface area contributed by atoms with Crippen LogP contribution >= 0.6 is 15.6 Å². The van der Waals surface area contributed by atoms with E-state index in [4.69, 9.17) is 9.63 Å². The predicted octanol–water partition coefficient (Wildman–Crippen LogP) is -3.96. The summed E-state index contributed by atoms with van der Waals surface area (Å²) in [5, 5.41) is 3.78. The smallest absolute Gasteiger partial charge is 0.789 e. The van der Waals surface area contributed by atoms with Crippen LogP contribution in [0.15, 0.2) is 40.0 Å². The van der Waals surface area contributed by atoms with Crippen LogP contribution in [0.3, 0.4) is 0 Å². The van der Waals surface area contributed by atoms with Gasteiger partial charge in [0.15, 0.2) is 6.61 Å². The van der Waals surface area contributed by atoms with Gasteiger partial charge in [0.2, 0.25) is 0 Å². The van der Waals surface area contributed by atoms with Gasteiger partial charge in [0.05, 0.1) is 14.4 Å². The van der Waals surface area contributed by atoms with E-state index in [1.54, 1.807) is 6.08 Å². The van der Waals surface area contributed by atoms with Crippen LogP contribution in [0.1, 0.15) is 53.4 Å². The van der Waals surface area contributed by atoms with E-state index in [2.05, 4.69) is 57.0 Å². The van der Waals surface area contributed by atoms with Gasteiger partial charge in [-0.2, -0.15) is 5.10 Å². The van der Waals surface area contributed by atoms with Gasteiger partial charge in [0.25, 0.3) is 5.91 Å². The number of ether oxygens (including phenoxy) is 2. The maximum Gasteiger partial charge on any atom is 1.00 e. The molecule has 0 fully saturated rings. The normalized spacial score (nSPS) is 13.7. The Hall–Kier alpha value is 0.0500. The van der Waals surface area contributed by atoms with Crippen molar-refractivity contribution in [2.45, 2.75) is 53.4 Å². The maximum atomic E-state index is 11.6. The molecule has 1 atom stereocenters. The van der Waals surface area contributed by atoms with Gasteiger partial charge in [-0.25, -0.2) is 14.8 Å². The second kappa shape index (κ2) is 23.7. The second-order valence-corrected chi connectivity index (χ2v) is 10.5. The summed E-state index contributed by atoms with van der Waals surface area (Å²) in [4.78, 5) is 52.4. The van der Waals surface area contributed by atoms with Crippen LogP contribution in [-0.2, 0) is 37.0 Å². The molecule has 0 aliphatic heterocycles. The molecule has 1 amide bonds. The summed E-state index contributed by atoms with van der Waals surface area (Å²) in [5.41, 5.74) is 6.04. The Labute approximate surface area is 267 Å². The predicted molar refractivity (Wildman–Crippen MR) is 128 cm³/mol. The molecule has 0 radical (unpaired) electrons. The number of phosphoric acid groups is 2. The number of rotatable bonds is 18. The van der Waals surface area contributed by atoms with Gasteiger partial charge in [-0.15, -0.1) is 0 Å². The molecule has 13 nitrogen and oxygen atoms in total. The van der Waals surface area contributed by atoms with Crippen molar-refractivity contribution < 1.29 is 111 Å². The van der Waals surface area contributed by atoms with Gasteiger partial charge >= 0.3 is 72.9 Å². The number of amides is 1. The zero-order chi connectivity index (χ0) is 27.6. The minimum atomic E-state index is -5.78. The van der Waals surface area contributed by atoms with Crippen molar-refractivity contribution in [2.24, 2.45) is 5.10 Å². The van der Waals surface area contributed by atoms with E-state index < -0.39 is 34.1 Å². The number of allylic oxidation sites excluding steroid dienone is 6. The van der Waals surface area contributed by atoms with Crippen molar-refractivity contribution in [3.8, 4) is 0 Å². The summed E-state index contributed by atoms with van der Waals surface area (Å²) in [7, 11) is -11.0. The number of esters is 1. The summed E-state index contributed by atoms with van der Waals surface area (Å²) in [5.74, 6) is -1.70. The van der Waals surface area contributed by atoms with E-state index in [9.17, 15) is 28.5 Å². The average molecular weight is 598 g/mol. The molecule has 0 spiro atoms. The summed E-state index contributed by atoms with van der Waals surface area (Å²) in [6.07, 6.45) is 11.6. The molecule has 0 aromatic rings. The van der Waals surface area contributed by atoms with E-state index in [-0.39, 0.29) is 78.9 Å². The number of phosphoric ester groups is 1. The first-order valence-electron chi connectivity index (χ1n) is 10.9. The third kappa shape index (κ3) is 29.0. The fourth-order valence-corrected chi connectivity index (χ4v) is 3.80. The van der Waals surface area contributed by atoms with Gasteiger partial charge < -0.3 is 28.7 Å². The molecule has 0 aliphatic rings. The van der Waals surface area contributed by atoms with Gasteiger partial charge in [0, 0.05) is 6.21 Å². The largest absolute Gasteiger partial charge is 1.00 e. The monoisotopic (exact) mass is 598 g/mol. The summed E-state index contributed by atoms with van der Waals surface area (Å²) in [6.45, 7) is 6.22. The first-order chi connectivity index (χ1) is 16.7. The summed E-state index contributed by atoms with van der Waals surface area (Å²) in [6, 6.07) is 0. The first kappa shape index (κ1) is 42.5. The molecular formula is C21H34N2Na2O11P2. The van der Waals surface area contributed by atoms with E-state index >= 15 is 0 Å². The number of hydrogen-bond acceptors (Lipinski definition) is 11. The molecule has 0 aliphatic carbocycles. The van der Waals surface area contributed by atoms with Crippen LogP contribution in [0.4, 0.5) is 0 Å². The van der Waals surface area contributed by atoms with Crippen molar-refractivity contribution in [3.05, 3.63) is 34.9 Å². The van der Waals surface area contributed by atoms with Crippen molar-refractivity contribution in [2.75, 3.05) is 26.4 Å². The quantitative estimate of drug-likeness (QED) is 0.0297. The molecule has 0 bridgehead atoms. The topological polar surface area (TPSA) is 196 Å². The molecule has 0 aromatic carbocycles. The molecule has 0 aromatic heterocycles. The summed E-state index contributed by atoms with van der Waals surface area (Å²) < 4.78 is 38.2. The Bertz CT molecular complexity index is 930. The van der Waals surface area contributed by atoms with Gasteiger partial charge in [-0.3, -0.25) is 13.6 Å². The Morgan fingerprint density at radius 1 is 0.947 bits per heavy atom. The zero-order valence-corrected chi connectivity index (χ0v) is 28.6. The van der Waals surface area contributed by atoms with Crippen LogP contribution in [0.5, 0.6) is 0 Å². The molecule has 0 saturated heterocycles. The SMILES string of the molecule is CC(C)=CCC/C(C)=C/CC/C(C)=C/C=N/NC(=O)COCCOC(=O)COP(=O)(O)OP(=O)([O-])[O-].[Na+].[Na+]. The number of hydrogen-bond donors (Lipinski definition) is 2. The van der Waals surface area contributed by atoms with Gasteiger partial charge in [0.1, 0.15) is 13.2 Å². The molecule has 0 heterocycles. The molecule has 38 heavy (non-hydrogen) atoms. The molecule has 0 rings (SSSR count). The van der Waals surface area contributed by atoms with Gasteiger partial charge in [-0.05, 0) is 59.5 Å². The second-order valence-electron chi connectivity index (χ2n) is 7.78. The molecule has 17 heteroatoms. The van der Waals surface area contributed by atoms with Crippen molar-refractivity contribution in [1.82, 2.24) is 5.43 Å². The zero-order valence-electron chi connectivity index (χ0n) is 22.8. The third-order valence-electron chi connectivity index (χ3n) is 4.02. The average Bonchev–Trinajstić information content (AvgIpc) is 2.73. The van der Waals surface area contributed by atoms with E-state index in [1.807, 2.05) is 6.92 Å². The molecule has 206 valence electrons. The number of nitrogens with zero attached hydrogens (tertiary/aromatic N) is 1. The molecule has 1 unspecified atom stereocenters. The van der Waals surface area contributed by atoms with Crippen molar-refractivity contribution >= 4 is 33.7 Å². The molecule has 0 saturated carbocycles. The molecular weight excluding hydrogens is 564 g/mol. The minimum absolute atomic E-state index is 0.